The lowest BCUT2D eigenvalue weighted by atomic mass is 9.99. The largest absolute Gasteiger partial charge is 0.404 e. The van der Waals surface area contributed by atoms with Crippen molar-refractivity contribution in [2.24, 2.45) is 0 Å². The number of alkyl halides is 3. The SMILES string of the molecule is CCN(CC)C(=O)c1nc(-c2cc(C(C)(C)O)ccn2)sc1-c1ccc(S(=O)(=O)NC(C)C(F)(F)F)c(Cl)c1Cl. The molecule has 0 fully saturated rings. The van der Waals surface area contributed by atoms with Gasteiger partial charge in [-0.15, -0.1) is 11.3 Å². The predicted molar refractivity (Wildman–Crippen MR) is 149 cm³/mol. The summed E-state index contributed by atoms with van der Waals surface area (Å²) in [6.45, 7) is 8.22. The first-order valence-electron chi connectivity index (χ1n) is 12.0. The number of nitrogens with zero attached hydrogens (tertiary/aromatic N) is 3. The summed E-state index contributed by atoms with van der Waals surface area (Å²) in [7, 11) is -4.71. The minimum absolute atomic E-state index is 0.0107. The second-order valence-corrected chi connectivity index (χ2v) is 12.7. The molecule has 0 spiro atoms. The van der Waals surface area contributed by atoms with Crippen molar-refractivity contribution in [3.63, 3.8) is 0 Å². The van der Waals surface area contributed by atoms with Crippen LogP contribution in [0.4, 0.5) is 13.2 Å². The van der Waals surface area contributed by atoms with Gasteiger partial charge in [0.2, 0.25) is 10.0 Å². The minimum Gasteiger partial charge on any atom is -0.386 e. The molecule has 0 aliphatic carbocycles. The van der Waals surface area contributed by atoms with Gasteiger partial charge in [-0.2, -0.15) is 17.9 Å². The summed E-state index contributed by atoms with van der Waals surface area (Å²) < 4.78 is 65.9. The van der Waals surface area contributed by atoms with Crippen LogP contribution in [0.5, 0.6) is 0 Å². The van der Waals surface area contributed by atoms with Crippen molar-refractivity contribution in [2.45, 2.75) is 57.3 Å². The molecule has 40 heavy (non-hydrogen) atoms. The van der Waals surface area contributed by atoms with Gasteiger partial charge in [-0.05, 0) is 58.4 Å². The zero-order valence-electron chi connectivity index (χ0n) is 22.1. The number of pyridine rings is 1. The first kappa shape index (κ1) is 32.2. The van der Waals surface area contributed by atoms with Gasteiger partial charge in [0.15, 0.2) is 0 Å². The third kappa shape index (κ3) is 6.77. The predicted octanol–water partition coefficient (Wildman–Crippen LogP) is 6.12. The van der Waals surface area contributed by atoms with E-state index >= 15 is 0 Å². The molecule has 3 rings (SSSR count). The van der Waals surface area contributed by atoms with Gasteiger partial charge in [-0.1, -0.05) is 29.3 Å². The van der Waals surface area contributed by atoms with Crippen LogP contribution < -0.4 is 4.72 Å². The van der Waals surface area contributed by atoms with Gasteiger partial charge in [-0.3, -0.25) is 9.78 Å². The van der Waals surface area contributed by atoms with E-state index in [-0.39, 0.29) is 21.2 Å². The molecule has 3 aromatic rings. The topological polar surface area (TPSA) is 112 Å². The van der Waals surface area contributed by atoms with Crippen LogP contribution in [-0.2, 0) is 15.6 Å². The van der Waals surface area contributed by atoms with Crippen molar-refractivity contribution in [1.29, 1.82) is 0 Å². The highest BCUT2D eigenvalue weighted by molar-refractivity contribution is 7.89. The van der Waals surface area contributed by atoms with E-state index in [1.54, 1.807) is 44.5 Å². The highest BCUT2D eigenvalue weighted by Gasteiger charge is 2.39. The third-order valence-electron chi connectivity index (χ3n) is 5.97. The Hall–Kier alpha value is -2.29. The van der Waals surface area contributed by atoms with Crippen molar-refractivity contribution in [2.75, 3.05) is 13.1 Å². The first-order chi connectivity index (χ1) is 18.4. The van der Waals surface area contributed by atoms with Crippen LogP contribution in [0, 0.1) is 0 Å². The van der Waals surface area contributed by atoms with Crippen LogP contribution in [0.3, 0.4) is 0 Å². The van der Waals surface area contributed by atoms with E-state index < -0.39 is 43.7 Å². The molecule has 0 bridgehead atoms. The Morgan fingerprint density at radius 1 is 1.15 bits per heavy atom. The Morgan fingerprint density at radius 3 is 2.33 bits per heavy atom. The monoisotopic (exact) mass is 638 g/mol. The van der Waals surface area contributed by atoms with E-state index in [0.717, 1.165) is 17.4 Å². The Kier molecular flexibility index (Phi) is 9.59. The van der Waals surface area contributed by atoms with E-state index in [1.807, 2.05) is 0 Å². The fourth-order valence-electron chi connectivity index (χ4n) is 3.62. The number of nitrogens with one attached hydrogen (secondary N) is 1. The van der Waals surface area contributed by atoms with E-state index in [1.165, 1.54) is 17.2 Å². The fourth-order valence-corrected chi connectivity index (χ4v) is 6.83. The lowest BCUT2D eigenvalue weighted by Crippen LogP contribution is -2.43. The maximum atomic E-state index is 13.4. The highest BCUT2D eigenvalue weighted by Crippen LogP contribution is 2.43. The number of aliphatic hydroxyl groups is 1. The molecular formula is C25H27Cl2F3N4O4S2. The maximum absolute atomic E-state index is 13.4. The van der Waals surface area contributed by atoms with Crippen LogP contribution in [0.1, 0.15) is 50.7 Å². The van der Waals surface area contributed by atoms with Crippen molar-refractivity contribution in [3.05, 3.63) is 51.8 Å². The number of hydrogen-bond donors (Lipinski definition) is 2. The fraction of sp³-hybridized carbons (Fsp3) is 0.400. The van der Waals surface area contributed by atoms with Gasteiger partial charge in [0, 0.05) is 24.8 Å². The second-order valence-electron chi connectivity index (χ2n) is 9.29. The van der Waals surface area contributed by atoms with Gasteiger partial charge in [-0.25, -0.2) is 13.4 Å². The molecule has 0 saturated heterocycles. The third-order valence-corrected chi connectivity index (χ3v) is 9.66. The Labute approximate surface area is 244 Å². The molecule has 218 valence electrons. The van der Waals surface area contributed by atoms with Crippen LogP contribution in [0.15, 0.2) is 35.4 Å². The zero-order chi connectivity index (χ0) is 30.2. The molecule has 0 radical (unpaired) electrons. The number of amides is 1. The molecule has 2 N–H and O–H groups in total. The number of benzene rings is 1. The number of thiazole rings is 1. The Balaban J connectivity index is 2.20. The number of hydrogen-bond acceptors (Lipinski definition) is 7. The van der Waals surface area contributed by atoms with Crippen LogP contribution in [0.25, 0.3) is 21.1 Å². The standard InChI is InChI=1S/C25H27Cl2F3N4O4S2/c1-6-34(7-2)23(35)20-21(39-22(32-20)16-12-14(10-11-31-16)24(4,5)36)15-8-9-17(19(27)18(15)26)40(37,38)33-13(3)25(28,29)30/h8-13,33,36H,6-7H2,1-5H3. The summed E-state index contributed by atoms with van der Waals surface area (Å²) in [5.41, 5.74) is -0.0738. The smallest absolute Gasteiger partial charge is 0.386 e. The molecule has 15 heteroatoms. The average molecular weight is 640 g/mol. The Bertz CT molecular complexity index is 1520. The minimum atomic E-state index is -4.82. The van der Waals surface area contributed by atoms with Crippen molar-refractivity contribution in [3.8, 4) is 21.1 Å². The number of carbonyl (C=O) groups is 1. The summed E-state index contributed by atoms with van der Waals surface area (Å²) in [4.78, 5) is 23.4. The normalized spacial score (nSPS) is 13.4. The van der Waals surface area contributed by atoms with E-state index in [2.05, 4.69) is 9.97 Å². The van der Waals surface area contributed by atoms with E-state index in [0.29, 0.717) is 36.3 Å². The quantitative estimate of drug-likeness (QED) is 0.292. The molecule has 8 nitrogen and oxygen atoms in total. The van der Waals surface area contributed by atoms with Crippen LogP contribution >= 0.6 is 34.5 Å². The van der Waals surface area contributed by atoms with Gasteiger partial charge >= 0.3 is 6.18 Å². The molecule has 0 aliphatic heterocycles. The number of carbonyl (C=O) groups excluding carboxylic acids is 1. The van der Waals surface area contributed by atoms with Crippen molar-refractivity contribution in [1.82, 2.24) is 19.6 Å². The number of halogens is 5. The van der Waals surface area contributed by atoms with Gasteiger partial charge in [0.05, 0.1) is 26.2 Å². The zero-order valence-corrected chi connectivity index (χ0v) is 25.2. The van der Waals surface area contributed by atoms with Crippen molar-refractivity contribution >= 4 is 50.5 Å². The van der Waals surface area contributed by atoms with Crippen LogP contribution in [-0.4, -0.2) is 59.6 Å². The number of rotatable bonds is 9. The number of sulfonamides is 1. The van der Waals surface area contributed by atoms with Gasteiger partial charge < -0.3 is 10.0 Å². The summed E-state index contributed by atoms with van der Waals surface area (Å²) in [5.74, 6) is -0.425. The lowest BCUT2D eigenvalue weighted by Gasteiger charge is -2.19. The molecule has 1 unspecified atom stereocenters. The molecule has 0 aliphatic rings. The molecule has 1 amide bonds. The number of aromatic nitrogens is 2. The molecule has 1 aromatic carbocycles. The maximum Gasteiger partial charge on any atom is 0.404 e. The molecule has 2 heterocycles. The van der Waals surface area contributed by atoms with Gasteiger partial charge in [0.25, 0.3) is 5.91 Å². The van der Waals surface area contributed by atoms with E-state index in [4.69, 9.17) is 23.2 Å². The second kappa shape index (κ2) is 11.9. The molecule has 1 atom stereocenters. The van der Waals surface area contributed by atoms with Gasteiger partial charge in [0.1, 0.15) is 21.6 Å². The van der Waals surface area contributed by atoms with Crippen molar-refractivity contribution < 1.29 is 31.5 Å². The molecule has 2 aromatic heterocycles. The van der Waals surface area contributed by atoms with E-state index in [9.17, 15) is 31.5 Å². The molecule has 0 saturated carbocycles. The van der Waals surface area contributed by atoms with Crippen LogP contribution in [0.2, 0.25) is 10.0 Å². The lowest BCUT2D eigenvalue weighted by molar-refractivity contribution is -0.147. The first-order valence-corrected chi connectivity index (χ1v) is 15.0. The summed E-state index contributed by atoms with van der Waals surface area (Å²) in [5, 5.41) is 9.95. The summed E-state index contributed by atoms with van der Waals surface area (Å²) in [6, 6.07) is 3.18. The molecular weight excluding hydrogens is 612 g/mol. The summed E-state index contributed by atoms with van der Waals surface area (Å²) >= 11 is 13.8. The average Bonchev–Trinajstić information content (AvgIpc) is 3.30. The highest BCUT2D eigenvalue weighted by atomic mass is 35.5. The Morgan fingerprint density at radius 2 is 1.77 bits per heavy atom. The summed E-state index contributed by atoms with van der Waals surface area (Å²) in [6.07, 6.45) is -3.33.